The van der Waals surface area contributed by atoms with Crippen LogP contribution in [0.15, 0.2) is 43.0 Å². The van der Waals surface area contributed by atoms with E-state index in [4.69, 9.17) is 4.74 Å². The van der Waals surface area contributed by atoms with E-state index < -0.39 is 0 Å². The van der Waals surface area contributed by atoms with Crippen molar-refractivity contribution in [3.8, 4) is 5.75 Å². The van der Waals surface area contributed by atoms with Gasteiger partial charge in [0.05, 0.1) is 6.10 Å². The Hall–Kier alpha value is -1.24. The molecule has 74 valence electrons. The van der Waals surface area contributed by atoms with E-state index in [-0.39, 0.29) is 0 Å². The summed E-state index contributed by atoms with van der Waals surface area (Å²) < 4.78 is 5.79. The Morgan fingerprint density at radius 2 is 2.00 bits per heavy atom. The topological polar surface area (TPSA) is 9.23 Å². The van der Waals surface area contributed by atoms with Gasteiger partial charge in [0, 0.05) is 0 Å². The van der Waals surface area contributed by atoms with Gasteiger partial charge in [-0.15, -0.1) is 6.58 Å². The molecule has 1 aliphatic rings. The highest BCUT2D eigenvalue weighted by atomic mass is 16.5. The van der Waals surface area contributed by atoms with Crippen LogP contribution in [0.4, 0.5) is 0 Å². The van der Waals surface area contributed by atoms with Gasteiger partial charge in [-0.05, 0) is 37.3 Å². The molecule has 1 nitrogen and oxygen atoms in total. The summed E-state index contributed by atoms with van der Waals surface area (Å²) in [4.78, 5) is 0. The highest BCUT2D eigenvalue weighted by Crippen LogP contribution is 2.33. The van der Waals surface area contributed by atoms with Crippen molar-refractivity contribution in [1.82, 2.24) is 0 Å². The maximum atomic E-state index is 5.79. The summed E-state index contributed by atoms with van der Waals surface area (Å²) in [5.74, 6) is 1.80. The summed E-state index contributed by atoms with van der Waals surface area (Å²) in [6, 6.07) is 10.1. The number of allylic oxidation sites excluding steroid dienone is 1. The molecule has 1 aliphatic carbocycles. The van der Waals surface area contributed by atoms with E-state index in [1.165, 1.54) is 12.8 Å². The molecule has 1 fully saturated rings. The van der Waals surface area contributed by atoms with E-state index in [1.54, 1.807) is 0 Å². The Morgan fingerprint density at radius 1 is 1.29 bits per heavy atom. The Bertz CT molecular complexity index is 285. The highest BCUT2D eigenvalue weighted by Gasteiger charge is 2.29. The van der Waals surface area contributed by atoms with Crippen molar-refractivity contribution in [3.05, 3.63) is 43.0 Å². The fraction of sp³-hybridized carbons (Fsp3) is 0.385. The first-order chi connectivity index (χ1) is 6.88. The molecule has 1 aromatic carbocycles. The monoisotopic (exact) mass is 188 g/mol. The van der Waals surface area contributed by atoms with Crippen molar-refractivity contribution >= 4 is 0 Å². The van der Waals surface area contributed by atoms with E-state index in [2.05, 4.69) is 6.58 Å². The second-order valence-electron chi connectivity index (χ2n) is 3.91. The first-order valence-corrected chi connectivity index (χ1v) is 5.21. The molecule has 0 unspecified atom stereocenters. The molecule has 1 aromatic rings. The van der Waals surface area contributed by atoms with Crippen LogP contribution in [0.2, 0.25) is 0 Å². The zero-order valence-corrected chi connectivity index (χ0v) is 8.36. The van der Waals surface area contributed by atoms with Crippen LogP contribution in [0, 0.1) is 5.92 Å². The standard InChI is InChI=1S/C13H16O/c1-2-6-11-9-13(10-11)14-12-7-4-3-5-8-12/h2-5,7-8,11,13H,1,6,9-10H2. The predicted octanol–water partition coefficient (Wildman–Crippen LogP) is 3.42. The minimum Gasteiger partial charge on any atom is -0.490 e. The average molecular weight is 188 g/mol. The zero-order valence-electron chi connectivity index (χ0n) is 8.36. The Morgan fingerprint density at radius 3 is 2.64 bits per heavy atom. The highest BCUT2D eigenvalue weighted by molar-refractivity contribution is 5.21. The summed E-state index contributed by atoms with van der Waals surface area (Å²) >= 11 is 0. The SMILES string of the molecule is C=CCC1CC(Oc2ccccc2)C1. The molecular formula is C13H16O. The third kappa shape index (κ3) is 2.16. The van der Waals surface area contributed by atoms with E-state index >= 15 is 0 Å². The van der Waals surface area contributed by atoms with Gasteiger partial charge < -0.3 is 4.74 Å². The summed E-state index contributed by atoms with van der Waals surface area (Å²) in [6.45, 7) is 3.75. The molecule has 0 N–H and O–H groups in total. The second kappa shape index (κ2) is 4.32. The van der Waals surface area contributed by atoms with Crippen molar-refractivity contribution in [1.29, 1.82) is 0 Å². The Kier molecular flexibility index (Phi) is 2.87. The summed E-state index contributed by atoms with van der Waals surface area (Å²) in [6.07, 6.45) is 5.93. The molecule has 0 saturated heterocycles. The fourth-order valence-corrected chi connectivity index (χ4v) is 1.89. The van der Waals surface area contributed by atoms with Crippen LogP contribution in [0.1, 0.15) is 19.3 Å². The van der Waals surface area contributed by atoms with Crippen LogP contribution in [0.5, 0.6) is 5.75 Å². The van der Waals surface area contributed by atoms with Crippen LogP contribution >= 0.6 is 0 Å². The van der Waals surface area contributed by atoms with Gasteiger partial charge in [-0.1, -0.05) is 24.3 Å². The minimum atomic E-state index is 0.433. The molecule has 0 spiro atoms. The molecule has 14 heavy (non-hydrogen) atoms. The molecule has 0 bridgehead atoms. The zero-order chi connectivity index (χ0) is 9.80. The molecule has 1 saturated carbocycles. The molecule has 0 heterocycles. The van der Waals surface area contributed by atoms with Crippen LogP contribution in [-0.4, -0.2) is 6.10 Å². The fourth-order valence-electron chi connectivity index (χ4n) is 1.89. The maximum absolute atomic E-state index is 5.79. The second-order valence-corrected chi connectivity index (χ2v) is 3.91. The van der Waals surface area contributed by atoms with Crippen molar-refractivity contribution in [3.63, 3.8) is 0 Å². The van der Waals surface area contributed by atoms with Crippen molar-refractivity contribution in [2.75, 3.05) is 0 Å². The third-order valence-corrected chi connectivity index (χ3v) is 2.74. The van der Waals surface area contributed by atoms with Crippen molar-refractivity contribution < 1.29 is 4.74 Å². The first-order valence-electron chi connectivity index (χ1n) is 5.21. The lowest BCUT2D eigenvalue weighted by molar-refractivity contribution is 0.0664. The van der Waals surface area contributed by atoms with Gasteiger partial charge in [0.15, 0.2) is 0 Å². The van der Waals surface area contributed by atoms with Gasteiger partial charge in [0.2, 0.25) is 0 Å². The summed E-state index contributed by atoms with van der Waals surface area (Å²) in [5.41, 5.74) is 0. The first kappa shape index (κ1) is 9.32. The molecule has 0 amide bonds. The molecule has 1 heteroatoms. The van der Waals surface area contributed by atoms with Gasteiger partial charge in [0.25, 0.3) is 0 Å². The Balaban J connectivity index is 1.77. The van der Waals surface area contributed by atoms with E-state index in [9.17, 15) is 0 Å². The number of hydrogen-bond donors (Lipinski definition) is 0. The largest absolute Gasteiger partial charge is 0.490 e. The van der Waals surface area contributed by atoms with Crippen molar-refractivity contribution in [2.45, 2.75) is 25.4 Å². The Labute approximate surface area is 85.4 Å². The van der Waals surface area contributed by atoms with E-state index in [1.807, 2.05) is 36.4 Å². The lowest BCUT2D eigenvalue weighted by Crippen LogP contribution is -2.33. The lowest BCUT2D eigenvalue weighted by Gasteiger charge is -2.34. The van der Waals surface area contributed by atoms with Gasteiger partial charge in [0.1, 0.15) is 5.75 Å². The number of para-hydroxylation sites is 1. The number of benzene rings is 1. The molecule has 0 atom stereocenters. The number of ether oxygens (including phenoxy) is 1. The van der Waals surface area contributed by atoms with Crippen LogP contribution in [-0.2, 0) is 0 Å². The van der Waals surface area contributed by atoms with Gasteiger partial charge in [-0.25, -0.2) is 0 Å². The molecular weight excluding hydrogens is 172 g/mol. The number of hydrogen-bond acceptors (Lipinski definition) is 1. The predicted molar refractivity (Wildman–Crippen MR) is 58.4 cm³/mol. The number of rotatable bonds is 4. The molecule has 0 aliphatic heterocycles. The van der Waals surface area contributed by atoms with Crippen LogP contribution in [0.25, 0.3) is 0 Å². The summed E-state index contributed by atoms with van der Waals surface area (Å²) in [5, 5.41) is 0. The summed E-state index contributed by atoms with van der Waals surface area (Å²) in [7, 11) is 0. The van der Waals surface area contributed by atoms with Crippen molar-refractivity contribution in [2.24, 2.45) is 5.92 Å². The lowest BCUT2D eigenvalue weighted by atomic mass is 9.80. The molecule has 2 rings (SSSR count). The maximum Gasteiger partial charge on any atom is 0.119 e. The average Bonchev–Trinajstić information content (AvgIpc) is 2.16. The minimum absolute atomic E-state index is 0.433. The van der Waals surface area contributed by atoms with E-state index in [0.717, 1.165) is 18.1 Å². The molecule has 0 aromatic heterocycles. The molecule has 0 radical (unpaired) electrons. The van der Waals surface area contributed by atoms with Gasteiger partial charge in [-0.2, -0.15) is 0 Å². The normalized spacial score (nSPS) is 25.1. The van der Waals surface area contributed by atoms with Gasteiger partial charge >= 0.3 is 0 Å². The van der Waals surface area contributed by atoms with E-state index in [0.29, 0.717) is 6.10 Å². The van der Waals surface area contributed by atoms with Gasteiger partial charge in [-0.3, -0.25) is 0 Å². The van der Waals surface area contributed by atoms with Crippen LogP contribution in [0.3, 0.4) is 0 Å². The smallest absolute Gasteiger partial charge is 0.119 e. The quantitative estimate of drug-likeness (QED) is 0.658. The van der Waals surface area contributed by atoms with Crippen LogP contribution < -0.4 is 4.74 Å². The third-order valence-electron chi connectivity index (χ3n) is 2.74.